The van der Waals surface area contributed by atoms with Gasteiger partial charge in [0.2, 0.25) is 5.91 Å². The maximum Gasteiger partial charge on any atom is 0.238 e. The summed E-state index contributed by atoms with van der Waals surface area (Å²) in [5.41, 5.74) is 2.00. The van der Waals surface area contributed by atoms with Gasteiger partial charge in [-0.25, -0.2) is 0 Å². The zero-order valence-corrected chi connectivity index (χ0v) is 11.2. The number of hydrogen-bond donors (Lipinski definition) is 2. The van der Waals surface area contributed by atoms with Crippen LogP contribution in [0.1, 0.15) is 31.7 Å². The SMILES string of the molecule is Cc1ccccc1NC(=O)CNC1CCCC1C. The standard InChI is InChI=1S/C15H22N2O/c1-11-7-5-9-13(11)16-10-15(18)17-14-8-4-3-6-12(14)2/h3-4,6,8,11,13,16H,5,7,9-10H2,1-2H3,(H,17,18). The summed E-state index contributed by atoms with van der Waals surface area (Å²) in [6.45, 7) is 4.66. The average Bonchev–Trinajstić information content (AvgIpc) is 2.75. The zero-order valence-electron chi connectivity index (χ0n) is 11.2. The smallest absolute Gasteiger partial charge is 0.238 e. The minimum absolute atomic E-state index is 0.0448. The molecule has 3 heteroatoms. The Bertz CT molecular complexity index is 417. The van der Waals surface area contributed by atoms with Crippen molar-refractivity contribution in [2.75, 3.05) is 11.9 Å². The van der Waals surface area contributed by atoms with Crippen molar-refractivity contribution in [1.82, 2.24) is 5.32 Å². The van der Waals surface area contributed by atoms with Gasteiger partial charge in [-0.2, -0.15) is 0 Å². The molecule has 2 rings (SSSR count). The number of carbonyl (C=O) groups excluding carboxylic acids is 1. The van der Waals surface area contributed by atoms with Crippen LogP contribution in [0.4, 0.5) is 5.69 Å². The summed E-state index contributed by atoms with van der Waals surface area (Å²) in [5.74, 6) is 0.736. The lowest BCUT2D eigenvalue weighted by atomic mass is 10.1. The molecule has 1 aromatic rings. The normalized spacial score (nSPS) is 23.0. The number of rotatable bonds is 4. The summed E-state index contributed by atoms with van der Waals surface area (Å²) >= 11 is 0. The van der Waals surface area contributed by atoms with E-state index >= 15 is 0 Å². The van der Waals surface area contributed by atoms with Crippen LogP contribution in [0.2, 0.25) is 0 Å². The van der Waals surface area contributed by atoms with Gasteiger partial charge in [0.1, 0.15) is 0 Å². The minimum Gasteiger partial charge on any atom is -0.325 e. The Kier molecular flexibility index (Phi) is 4.37. The molecule has 18 heavy (non-hydrogen) atoms. The van der Waals surface area contributed by atoms with E-state index < -0.39 is 0 Å². The Morgan fingerprint density at radius 1 is 1.33 bits per heavy atom. The third-order valence-corrected chi connectivity index (χ3v) is 3.81. The molecule has 2 atom stereocenters. The summed E-state index contributed by atoms with van der Waals surface area (Å²) in [5, 5.41) is 6.31. The van der Waals surface area contributed by atoms with Gasteiger partial charge in [0.15, 0.2) is 0 Å². The molecule has 1 aromatic carbocycles. The molecule has 0 radical (unpaired) electrons. The molecule has 0 heterocycles. The van der Waals surface area contributed by atoms with E-state index in [1.807, 2.05) is 31.2 Å². The zero-order chi connectivity index (χ0) is 13.0. The predicted molar refractivity (Wildman–Crippen MR) is 74.6 cm³/mol. The fraction of sp³-hybridized carbons (Fsp3) is 0.533. The van der Waals surface area contributed by atoms with Gasteiger partial charge >= 0.3 is 0 Å². The molecule has 1 aliphatic rings. The number of amides is 1. The topological polar surface area (TPSA) is 41.1 Å². The summed E-state index contributed by atoms with van der Waals surface area (Å²) in [6.07, 6.45) is 3.74. The molecule has 1 fully saturated rings. The Labute approximate surface area is 109 Å². The molecule has 0 saturated heterocycles. The van der Waals surface area contributed by atoms with Gasteiger partial charge in [0.25, 0.3) is 0 Å². The van der Waals surface area contributed by atoms with Crippen LogP contribution in [0.5, 0.6) is 0 Å². The largest absolute Gasteiger partial charge is 0.325 e. The lowest BCUT2D eigenvalue weighted by Crippen LogP contribution is -2.37. The molecule has 2 unspecified atom stereocenters. The molecule has 1 amide bonds. The van der Waals surface area contributed by atoms with E-state index in [-0.39, 0.29) is 5.91 Å². The number of anilines is 1. The summed E-state index contributed by atoms with van der Waals surface area (Å²) < 4.78 is 0. The molecule has 3 nitrogen and oxygen atoms in total. The highest BCUT2D eigenvalue weighted by Crippen LogP contribution is 2.24. The van der Waals surface area contributed by atoms with Crippen LogP contribution in [0, 0.1) is 12.8 Å². The van der Waals surface area contributed by atoms with Crippen molar-refractivity contribution in [2.24, 2.45) is 5.92 Å². The third-order valence-electron chi connectivity index (χ3n) is 3.81. The first kappa shape index (κ1) is 13.1. The van der Waals surface area contributed by atoms with Gasteiger partial charge in [-0.05, 0) is 37.3 Å². The number of para-hydroxylation sites is 1. The Balaban J connectivity index is 1.80. The molecule has 0 bridgehead atoms. The van der Waals surface area contributed by atoms with E-state index in [0.29, 0.717) is 18.5 Å². The van der Waals surface area contributed by atoms with Crippen LogP contribution >= 0.6 is 0 Å². The van der Waals surface area contributed by atoms with Gasteiger partial charge in [-0.3, -0.25) is 4.79 Å². The monoisotopic (exact) mass is 246 g/mol. The van der Waals surface area contributed by atoms with Gasteiger partial charge < -0.3 is 10.6 Å². The van der Waals surface area contributed by atoms with Gasteiger partial charge in [0.05, 0.1) is 6.54 Å². The van der Waals surface area contributed by atoms with Crippen molar-refractivity contribution in [1.29, 1.82) is 0 Å². The third kappa shape index (κ3) is 3.33. The second kappa shape index (κ2) is 6.01. The summed E-state index contributed by atoms with van der Waals surface area (Å²) in [6, 6.07) is 8.36. The highest BCUT2D eigenvalue weighted by atomic mass is 16.1. The molecule has 0 aliphatic heterocycles. The first-order chi connectivity index (χ1) is 8.66. The second-order valence-electron chi connectivity index (χ2n) is 5.26. The first-order valence-electron chi connectivity index (χ1n) is 6.75. The maximum absolute atomic E-state index is 11.9. The quantitative estimate of drug-likeness (QED) is 0.857. The molecule has 1 saturated carbocycles. The van der Waals surface area contributed by atoms with Crippen molar-refractivity contribution in [3.63, 3.8) is 0 Å². The molecular weight excluding hydrogens is 224 g/mol. The Morgan fingerprint density at radius 3 is 2.78 bits per heavy atom. The number of aryl methyl sites for hydroxylation is 1. The van der Waals surface area contributed by atoms with Crippen LogP contribution in [0.3, 0.4) is 0 Å². The summed E-state index contributed by atoms with van der Waals surface area (Å²) in [4.78, 5) is 11.9. The number of nitrogens with one attached hydrogen (secondary N) is 2. The number of carbonyl (C=O) groups is 1. The Hall–Kier alpha value is -1.35. The van der Waals surface area contributed by atoms with Crippen molar-refractivity contribution in [3.05, 3.63) is 29.8 Å². The highest BCUT2D eigenvalue weighted by Gasteiger charge is 2.23. The number of benzene rings is 1. The summed E-state index contributed by atoms with van der Waals surface area (Å²) in [7, 11) is 0. The lowest BCUT2D eigenvalue weighted by Gasteiger charge is -2.17. The van der Waals surface area contributed by atoms with Crippen molar-refractivity contribution in [2.45, 2.75) is 39.2 Å². The van der Waals surface area contributed by atoms with E-state index in [0.717, 1.165) is 11.3 Å². The lowest BCUT2D eigenvalue weighted by molar-refractivity contribution is -0.115. The predicted octanol–water partition coefficient (Wildman–Crippen LogP) is 2.71. The van der Waals surface area contributed by atoms with Crippen LogP contribution in [0.25, 0.3) is 0 Å². The van der Waals surface area contributed by atoms with E-state index in [1.54, 1.807) is 0 Å². The van der Waals surface area contributed by atoms with Gasteiger partial charge in [0, 0.05) is 11.7 Å². The molecule has 0 spiro atoms. The fourth-order valence-corrected chi connectivity index (χ4v) is 2.58. The van der Waals surface area contributed by atoms with Crippen molar-refractivity contribution in [3.8, 4) is 0 Å². The maximum atomic E-state index is 11.9. The van der Waals surface area contributed by atoms with E-state index in [2.05, 4.69) is 17.6 Å². The van der Waals surface area contributed by atoms with Crippen LogP contribution < -0.4 is 10.6 Å². The van der Waals surface area contributed by atoms with Crippen molar-refractivity contribution < 1.29 is 4.79 Å². The second-order valence-corrected chi connectivity index (χ2v) is 5.26. The van der Waals surface area contributed by atoms with E-state index in [4.69, 9.17) is 0 Å². The van der Waals surface area contributed by atoms with Crippen LogP contribution in [0.15, 0.2) is 24.3 Å². The Morgan fingerprint density at radius 2 is 2.11 bits per heavy atom. The van der Waals surface area contributed by atoms with E-state index in [1.165, 1.54) is 19.3 Å². The van der Waals surface area contributed by atoms with Gasteiger partial charge in [-0.15, -0.1) is 0 Å². The van der Waals surface area contributed by atoms with E-state index in [9.17, 15) is 4.79 Å². The average molecular weight is 246 g/mol. The molecular formula is C15H22N2O. The minimum atomic E-state index is 0.0448. The van der Waals surface area contributed by atoms with Crippen LogP contribution in [-0.4, -0.2) is 18.5 Å². The first-order valence-corrected chi connectivity index (χ1v) is 6.75. The fourth-order valence-electron chi connectivity index (χ4n) is 2.58. The molecule has 98 valence electrons. The highest BCUT2D eigenvalue weighted by molar-refractivity contribution is 5.92. The van der Waals surface area contributed by atoms with Gasteiger partial charge in [-0.1, -0.05) is 31.5 Å². The molecule has 2 N–H and O–H groups in total. The van der Waals surface area contributed by atoms with Crippen LogP contribution in [-0.2, 0) is 4.79 Å². The van der Waals surface area contributed by atoms with Crippen molar-refractivity contribution >= 4 is 11.6 Å². The molecule has 1 aliphatic carbocycles. The molecule has 0 aromatic heterocycles. The number of hydrogen-bond acceptors (Lipinski definition) is 2.